The van der Waals surface area contributed by atoms with Crippen LogP contribution in [-0.2, 0) is 20.4 Å². The van der Waals surface area contributed by atoms with Crippen LogP contribution < -0.4 is 0 Å². The van der Waals surface area contributed by atoms with Crippen LogP contribution in [0.1, 0.15) is 24.5 Å². The van der Waals surface area contributed by atoms with Crippen molar-refractivity contribution < 1.29 is 19.8 Å². The molecule has 1 aromatic carbocycles. The van der Waals surface area contributed by atoms with Gasteiger partial charge in [0.1, 0.15) is 10.8 Å². The van der Waals surface area contributed by atoms with Gasteiger partial charge in [-0.1, -0.05) is 42.8 Å². The number of hydrogen-bond donors (Lipinski definition) is 2. The number of carboxylic acid groups (broad SMARTS) is 2. The fourth-order valence-electron chi connectivity index (χ4n) is 4.01. The lowest BCUT2D eigenvalue weighted by Crippen LogP contribution is -2.55. The number of aliphatic carboxylic acids is 2. The van der Waals surface area contributed by atoms with E-state index in [0.717, 1.165) is 0 Å². The number of rotatable bonds is 4. The summed E-state index contributed by atoms with van der Waals surface area (Å²) in [6, 6.07) is 9.81. The molecule has 1 aliphatic rings. The molecule has 1 heterocycles. The molecular weight excluding hydrogens is 354 g/mol. The van der Waals surface area contributed by atoms with Crippen molar-refractivity contribution >= 4 is 23.5 Å². The second-order valence-corrected chi connectivity index (χ2v) is 6.96. The molecule has 0 aliphatic heterocycles. The van der Waals surface area contributed by atoms with Crippen molar-refractivity contribution in [1.29, 1.82) is 0 Å². The Morgan fingerprint density at radius 1 is 1.04 bits per heavy atom. The molecule has 0 radical (unpaired) electrons. The van der Waals surface area contributed by atoms with Gasteiger partial charge >= 0.3 is 11.9 Å². The Morgan fingerprint density at radius 2 is 1.65 bits per heavy atom. The summed E-state index contributed by atoms with van der Waals surface area (Å²) in [6.45, 7) is 1.68. The molecule has 1 aliphatic carbocycles. The summed E-state index contributed by atoms with van der Waals surface area (Å²) >= 11 is 5.95. The summed E-state index contributed by atoms with van der Waals surface area (Å²) in [5.74, 6) is -2.90. The van der Waals surface area contributed by atoms with Crippen LogP contribution in [0.5, 0.6) is 0 Å². The van der Waals surface area contributed by atoms with Crippen molar-refractivity contribution in [2.75, 3.05) is 0 Å². The van der Waals surface area contributed by atoms with Gasteiger partial charge in [0.05, 0.1) is 0 Å². The van der Waals surface area contributed by atoms with E-state index in [0.29, 0.717) is 16.1 Å². The first-order chi connectivity index (χ1) is 12.4. The molecule has 6 heteroatoms. The molecule has 0 spiro atoms. The highest BCUT2D eigenvalue weighted by Crippen LogP contribution is 2.51. The maximum atomic E-state index is 12.4. The molecule has 0 amide bonds. The van der Waals surface area contributed by atoms with E-state index in [1.54, 1.807) is 55.5 Å². The SMILES string of the molecule is CC1C(C(=O)O)(c2ccncc2)C=CCC1(C(=O)O)c1ccc(Cl)cc1. The highest BCUT2D eigenvalue weighted by molar-refractivity contribution is 6.30. The van der Waals surface area contributed by atoms with E-state index in [2.05, 4.69) is 4.98 Å². The van der Waals surface area contributed by atoms with Crippen LogP contribution in [0.2, 0.25) is 5.02 Å². The number of halogens is 1. The third-order valence-corrected chi connectivity index (χ3v) is 5.75. The minimum Gasteiger partial charge on any atom is -0.481 e. The molecule has 0 bridgehead atoms. The van der Waals surface area contributed by atoms with Crippen LogP contribution in [0.25, 0.3) is 0 Å². The van der Waals surface area contributed by atoms with Gasteiger partial charge in [-0.3, -0.25) is 14.6 Å². The first-order valence-corrected chi connectivity index (χ1v) is 8.54. The van der Waals surface area contributed by atoms with Gasteiger partial charge in [0.15, 0.2) is 0 Å². The molecule has 0 saturated heterocycles. The molecule has 1 aromatic heterocycles. The smallest absolute Gasteiger partial charge is 0.318 e. The number of allylic oxidation sites excluding steroid dienone is 1. The maximum Gasteiger partial charge on any atom is 0.318 e. The van der Waals surface area contributed by atoms with Gasteiger partial charge < -0.3 is 10.2 Å². The summed E-state index contributed by atoms with van der Waals surface area (Å²) in [4.78, 5) is 28.8. The lowest BCUT2D eigenvalue weighted by atomic mass is 9.53. The Kier molecular flexibility index (Phi) is 4.59. The molecule has 3 rings (SSSR count). The molecule has 134 valence electrons. The van der Waals surface area contributed by atoms with Gasteiger partial charge in [0.2, 0.25) is 0 Å². The Bertz CT molecular complexity index is 865. The molecule has 3 atom stereocenters. The van der Waals surface area contributed by atoms with Gasteiger partial charge in [-0.05, 0) is 41.8 Å². The molecule has 0 saturated carbocycles. The Morgan fingerprint density at radius 3 is 2.19 bits per heavy atom. The highest BCUT2D eigenvalue weighted by atomic mass is 35.5. The standard InChI is InChI=1S/C20H18ClNO4/c1-13-19(17(23)24,14-3-5-16(21)6-4-14)9-2-10-20(13,18(25)26)15-7-11-22-12-8-15/h2-8,10-13H,9H2,1H3,(H,23,24)(H,25,26). The van der Waals surface area contributed by atoms with E-state index in [1.165, 1.54) is 12.4 Å². The third-order valence-electron chi connectivity index (χ3n) is 5.50. The molecule has 2 aromatic rings. The fraction of sp³-hybridized carbons (Fsp3) is 0.250. The van der Waals surface area contributed by atoms with Crippen molar-refractivity contribution in [2.24, 2.45) is 5.92 Å². The summed E-state index contributed by atoms with van der Waals surface area (Å²) < 4.78 is 0. The number of nitrogens with zero attached hydrogens (tertiary/aromatic N) is 1. The largest absolute Gasteiger partial charge is 0.481 e. The van der Waals surface area contributed by atoms with Crippen LogP contribution in [0, 0.1) is 5.92 Å². The average molecular weight is 372 g/mol. The van der Waals surface area contributed by atoms with Crippen LogP contribution in [0.15, 0.2) is 60.9 Å². The van der Waals surface area contributed by atoms with E-state index in [4.69, 9.17) is 11.6 Å². The number of hydrogen-bond acceptors (Lipinski definition) is 3. The van der Waals surface area contributed by atoms with E-state index in [-0.39, 0.29) is 6.42 Å². The summed E-state index contributed by atoms with van der Waals surface area (Å²) in [5.41, 5.74) is -1.82. The second kappa shape index (κ2) is 6.57. The first kappa shape index (κ1) is 18.1. The van der Waals surface area contributed by atoms with E-state index in [9.17, 15) is 19.8 Å². The molecular formula is C20H18ClNO4. The zero-order valence-corrected chi connectivity index (χ0v) is 14.8. The predicted molar refractivity (Wildman–Crippen MR) is 97.2 cm³/mol. The lowest BCUT2D eigenvalue weighted by molar-refractivity contribution is -0.152. The van der Waals surface area contributed by atoms with Crippen LogP contribution in [0.4, 0.5) is 0 Å². The average Bonchev–Trinajstić information content (AvgIpc) is 2.63. The van der Waals surface area contributed by atoms with Crippen molar-refractivity contribution in [3.8, 4) is 0 Å². The van der Waals surface area contributed by atoms with Crippen molar-refractivity contribution in [1.82, 2.24) is 4.98 Å². The summed E-state index contributed by atoms with van der Waals surface area (Å²) in [6.07, 6.45) is 6.48. The number of aromatic nitrogens is 1. The Labute approximate surface area is 156 Å². The Hall–Kier alpha value is -2.66. The van der Waals surface area contributed by atoms with Crippen molar-refractivity contribution in [3.05, 3.63) is 77.1 Å². The number of pyridine rings is 1. The van der Waals surface area contributed by atoms with E-state index in [1.807, 2.05) is 0 Å². The van der Waals surface area contributed by atoms with Gasteiger partial charge in [-0.2, -0.15) is 0 Å². The normalized spacial score (nSPS) is 27.8. The zero-order chi connectivity index (χ0) is 18.9. The molecule has 2 N–H and O–H groups in total. The topological polar surface area (TPSA) is 87.5 Å². The maximum absolute atomic E-state index is 12.4. The zero-order valence-electron chi connectivity index (χ0n) is 14.1. The van der Waals surface area contributed by atoms with Crippen LogP contribution >= 0.6 is 11.6 Å². The van der Waals surface area contributed by atoms with Gasteiger partial charge in [0.25, 0.3) is 0 Å². The quantitative estimate of drug-likeness (QED) is 0.800. The number of carbonyl (C=O) groups is 2. The van der Waals surface area contributed by atoms with Crippen molar-refractivity contribution in [2.45, 2.75) is 24.2 Å². The minimum atomic E-state index is -1.47. The molecule has 3 unspecified atom stereocenters. The first-order valence-electron chi connectivity index (χ1n) is 8.16. The third kappa shape index (κ3) is 2.51. The van der Waals surface area contributed by atoms with Crippen molar-refractivity contribution in [3.63, 3.8) is 0 Å². The monoisotopic (exact) mass is 371 g/mol. The minimum absolute atomic E-state index is 0.200. The lowest BCUT2D eigenvalue weighted by Gasteiger charge is -2.46. The molecule has 5 nitrogen and oxygen atoms in total. The van der Waals surface area contributed by atoms with Gasteiger partial charge in [-0.25, -0.2) is 0 Å². The van der Waals surface area contributed by atoms with E-state index < -0.39 is 28.7 Å². The summed E-state index contributed by atoms with van der Waals surface area (Å²) in [5, 5.41) is 20.8. The Balaban J connectivity index is 2.26. The highest BCUT2D eigenvalue weighted by Gasteiger charge is 2.58. The van der Waals surface area contributed by atoms with Crippen LogP contribution in [0.3, 0.4) is 0 Å². The predicted octanol–water partition coefficient (Wildman–Crippen LogP) is 3.68. The fourth-order valence-corrected chi connectivity index (χ4v) is 4.13. The van der Waals surface area contributed by atoms with Crippen LogP contribution in [-0.4, -0.2) is 27.1 Å². The molecule has 26 heavy (non-hydrogen) atoms. The van der Waals surface area contributed by atoms with Gasteiger partial charge in [-0.15, -0.1) is 0 Å². The van der Waals surface area contributed by atoms with E-state index >= 15 is 0 Å². The summed E-state index contributed by atoms with van der Waals surface area (Å²) in [7, 11) is 0. The number of carboxylic acids is 2. The second-order valence-electron chi connectivity index (χ2n) is 6.52. The molecule has 0 fully saturated rings. The number of benzene rings is 1. The van der Waals surface area contributed by atoms with Gasteiger partial charge in [0, 0.05) is 23.3 Å².